The van der Waals surface area contributed by atoms with E-state index in [1.807, 2.05) is 134 Å². The van der Waals surface area contributed by atoms with Gasteiger partial charge in [0.05, 0.1) is 62.1 Å². The van der Waals surface area contributed by atoms with E-state index in [2.05, 4.69) is 126 Å². The van der Waals surface area contributed by atoms with Crippen LogP contribution in [0.2, 0.25) is 15.1 Å². The maximum absolute atomic E-state index is 11.4. The maximum Gasteiger partial charge on any atom is 0.238 e. The van der Waals surface area contributed by atoms with Crippen LogP contribution in [0.3, 0.4) is 0 Å². The second-order valence-corrected chi connectivity index (χ2v) is 52.0. The number of nitrogens with zero attached hydrogens (tertiary/aromatic N) is 1. The highest BCUT2D eigenvalue weighted by molar-refractivity contribution is 7.90. The summed E-state index contributed by atoms with van der Waals surface area (Å²) in [6, 6.07) is 77.9. The minimum atomic E-state index is -3.65. The Kier molecular flexibility index (Phi) is 36.7. The minimum Gasteiger partial charge on any atom is -0.496 e. The largest absolute Gasteiger partial charge is 0.496 e. The number of primary sulfonamides is 6. The van der Waals surface area contributed by atoms with Crippen LogP contribution in [0.4, 0.5) is 11.4 Å². The van der Waals surface area contributed by atoms with Crippen molar-refractivity contribution >= 4 is 106 Å². The number of hydrogen-bond acceptors (Lipinski definition) is 18. The molecule has 24 nitrogen and oxygen atoms in total. The predicted molar refractivity (Wildman–Crippen MR) is 584 cm³/mol. The van der Waals surface area contributed by atoms with Gasteiger partial charge in [0.1, 0.15) is 17.2 Å². The number of benzene rings is 11. The number of nitrogens with two attached hydrogens (primary N) is 6. The fourth-order valence-electron chi connectivity index (χ4n) is 21.1. The van der Waals surface area contributed by atoms with Gasteiger partial charge in [-0.25, -0.2) is 81.3 Å². The summed E-state index contributed by atoms with van der Waals surface area (Å²) in [6.45, 7) is 21.7. The molecule has 0 amide bonds. The van der Waals surface area contributed by atoms with Crippen molar-refractivity contribution in [3.8, 4) is 17.2 Å². The highest BCUT2D eigenvalue weighted by Crippen LogP contribution is 2.68. The Morgan fingerprint density at radius 2 is 0.692 bits per heavy atom. The lowest BCUT2D eigenvalue weighted by Crippen LogP contribution is -2.12. The van der Waals surface area contributed by atoms with Crippen molar-refractivity contribution in [1.29, 1.82) is 0 Å². The number of methoxy groups -OCH3 is 3. The van der Waals surface area contributed by atoms with Crippen LogP contribution in [-0.4, -0.2) is 89.9 Å². The SMILES string of the molecule is CC1(C)C(CCc2ccccc2)C1c1ccc(S(N)(=O)=O)cc1.COc1ccc(Cl)cc1CCC1CC1c1ccc(S(N)(=O)=O)cc1.COc1ccc(Cl)cc1NCC1CC1Cc1ccc(S(N)(=O)=O)cc1.COc1ccc(Cl)cc1NCCC1C(c2ccc(S(N)(=O)=O)cc2)C1(C)C.Cc1ccc(CCC2C(c3ccc(S(N)(=O)=O)cc3)C2(C)C)c(C)c1.Cc1cncc(CCC2CC2c2ccc(S(N)(=O)=O)cc2)c1. The smallest absolute Gasteiger partial charge is 0.238 e. The molecule has 0 saturated heterocycles. The first-order chi connectivity index (χ1) is 68.7. The Morgan fingerprint density at radius 1 is 0.329 bits per heavy atom. The van der Waals surface area contributed by atoms with Crippen molar-refractivity contribution in [2.24, 2.45) is 88.5 Å². The van der Waals surface area contributed by atoms with Crippen LogP contribution in [0.15, 0.2) is 297 Å². The molecule has 6 aliphatic rings. The molecule has 1 heterocycles. The molecule has 780 valence electrons. The molecular formula is C113H136Cl3N9O15S6. The molecule has 0 radical (unpaired) electrons. The van der Waals surface area contributed by atoms with Gasteiger partial charge in [-0.05, 0) is 386 Å². The average molecular weight is 2160 g/mol. The number of pyridine rings is 1. The molecule has 0 aliphatic heterocycles. The standard InChI is InChI=1S/C21H27NO2S.C20H25ClN2O3S.C19H23NO2S.C18H21ClN2O3S.C18H20ClNO3S.C17H20N2O2S/c1-14-5-6-16(15(2)13-14)9-12-19-20(21(19,3)4)17-7-10-18(11-8-17)25(22,23)24;1-20(2)16(10-11-23-17-12-14(21)6-9-18(17)26-3)19(20)13-4-7-15(8-5-13)27(22,24)25;1-19(2)17(13-8-14-6-4-3-5-7-14)18(19)15-9-11-16(12-10-15)23(20,21)22;1-24-18-7-4-15(19)10-17(18)21-11-14-9-13(14)8-12-2-5-16(6-3-12)25(20,22)23;1-23-18-9-6-15(19)10-14(18)3-2-13-11-17(13)12-4-7-16(8-5-12)24(20,21)22;1-12-8-13(11-19-10-12)2-3-15-9-17(15)14-4-6-16(7-5-14)22(18,20)21/h5-8,10-11,13,19-20H,9,12H2,1-4H3,(H2,22,23,24);4-9,12,16,19,23H,10-11H2,1-3H3,(H2,22,24,25);3-7,9-12,17-18H,8,13H2,1-2H3,(H2,20,21,22);2-7,10,13-14,21H,8-9,11H2,1H3,(H2,20,22,23);4-10,13,17H,2-3,11H2,1H3,(H2,20,21,22);4-8,10-11,15,17H,2-3,9H2,1H3,(H2,18,20,21). The molecule has 33 heteroatoms. The van der Waals surface area contributed by atoms with Gasteiger partial charge in [-0.1, -0.05) is 209 Å². The summed E-state index contributed by atoms with van der Waals surface area (Å²) in [4.78, 5) is 5.23. The van der Waals surface area contributed by atoms with Crippen LogP contribution in [0.25, 0.3) is 0 Å². The van der Waals surface area contributed by atoms with Gasteiger partial charge in [-0.3, -0.25) is 4.98 Å². The molecule has 14 N–H and O–H groups in total. The Balaban J connectivity index is 0.000000147. The Labute approximate surface area is 879 Å². The van der Waals surface area contributed by atoms with Crippen LogP contribution in [-0.2, 0) is 92.2 Å². The number of nitrogens with one attached hydrogen (secondary N) is 2. The van der Waals surface area contributed by atoms with Gasteiger partial charge in [0.25, 0.3) is 0 Å². The van der Waals surface area contributed by atoms with Crippen molar-refractivity contribution in [1.82, 2.24) is 4.98 Å². The summed E-state index contributed by atoms with van der Waals surface area (Å²) in [5, 5.41) is 39.8. The number of sulfonamides is 6. The molecule has 6 saturated carbocycles. The zero-order valence-electron chi connectivity index (χ0n) is 84.6. The second kappa shape index (κ2) is 47.4. The number of rotatable bonds is 35. The number of halogens is 3. The van der Waals surface area contributed by atoms with E-state index < -0.39 is 60.1 Å². The fraction of sp³-hybridized carbons (Fsp3) is 0.372. The van der Waals surface area contributed by atoms with E-state index in [1.165, 1.54) is 62.1 Å². The molecule has 11 aromatic carbocycles. The van der Waals surface area contributed by atoms with Gasteiger partial charge in [-0.15, -0.1) is 0 Å². The van der Waals surface area contributed by atoms with Crippen molar-refractivity contribution < 1.29 is 64.7 Å². The molecule has 12 atom stereocenters. The van der Waals surface area contributed by atoms with E-state index in [0.717, 1.165) is 140 Å². The predicted octanol–water partition coefficient (Wildman–Crippen LogP) is 22.1. The first-order valence-corrected chi connectivity index (χ1v) is 59.4. The Morgan fingerprint density at radius 3 is 1.10 bits per heavy atom. The van der Waals surface area contributed by atoms with Gasteiger partial charge >= 0.3 is 0 Å². The summed E-state index contributed by atoms with van der Waals surface area (Å²) < 4.78 is 152. The van der Waals surface area contributed by atoms with Crippen molar-refractivity contribution in [3.05, 3.63) is 355 Å². The molecule has 12 unspecified atom stereocenters. The van der Waals surface area contributed by atoms with Gasteiger partial charge < -0.3 is 24.8 Å². The fourth-order valence-corrected chi connectivity index (χ4v) is 24.8. The van der Waals surface area contributed by atoms with Gasteiger partial charge in [-0.2, -0.15) is 0 Å². The number of ether oxygens (including phenoxy) is 3. The van der Waals surface area contributed by atoms with E-state index in [1.54, 1.807) is 106 Å². The quantitative estimate of drug-likeness (QED) is 0.0183. The summed E-state index contributed by atoms with van der Waals surface area (Å²) in [6.07, 6.45) is 17.8. The Hall–Kier alpha value is -10.1. The van der Waals surface area contributed by atoms with Crippen molar-refractivity contribution in [2.45, 2.75) is 205 Å². The van der Waals surface area contributed by atoms with E-state index in [0.29, 0.717) is 81.1 Å². The molecule has 18 rings (SSSR count). The van der Waals surface area contributed by atoms with Gasteiger partial charge in [0.2, 0.25) is 60.1 Å². The molecule has 1 aromatic heterocycles. The number of anilines is 2. The van der Waals surface area contributed by atoms with E-state index in [-0.39, 0.29) is 45.6 Å². The monoisotopic (exact) mass is 2160 g/mol. The van der Waals surface area contributed by atoms with Crippen LogP contribution < -0.4 is 55.7 Å². The van der Waals surface area contributed by atoms with Gasteiger partial charge in [0, 0.05) is 40.6 Å². The molecule has 0 spiro atoms. The van der Waals surface area contributed by atoms with Crippen LogP contribution in [0.5, 0.6) is 17.2 Å². The Bertz CT molecular complexity index is 7290. The third kappa shape index (κ3) is 30.8. The lowest BCUT2D eigenvalue weighted by molar-refractivity contribution is 0.408. The summed E-state index contributed by atoms with van der Waals surface area (Å²) in [5.74, 6) is 9.04. The summed E-state index contributed by atoms with van der Waals surface area (Å²) in [7, 11) is -16.8. The molecule has 6 aliphatic carbocycles. The molecule has 6 fully saturated rings. The van der Waals surface area contributed by atoms with Crippen LogP contribution in [0, 0.1) is 78.4 Å². The minimum absolute atomic E-state index is 0.149. The maximum atomic E-state index is 11.4. The van der Waals surface area contributed by atoms with E-state index in [4.69, 9.17) is 79.8 Å². The topological polar surface area (TPSA) is 426 Å². The molecule has 12 aromatic rings. The molecule has 0 bridgehead atoms. The molecular weight excluding hydrogens is 2020 g/mol. The lowest BCUT2D eigenvalue weighted by Gasteiger charge is -2.11. The third-order valence-corrected chi connectivity index (χ3v) is 36.3. The number of aryl methyl sites for hydroxylation is 7. The highest BCUT2D eigenvalue weighted by Gasteiger charge is 2.59. The second-order valence-electron chi connectivity index (χ2n) is 41.3. The van der Waals surface area contributed by atoms with E-state index >= 15 is 0 Å². The van der Waals surface area contributed by atoms with Crippen molar-refractivity contribution in [2.75, 3.05) is 45.1 Å². The van der Waals surface area contributed by atoms with Crippen LogP contribution >= 0.6 is 34.8 Å². The first-order valence-electron chi connectivity index (χ1n) is 49.0. The summed E-state index contributed by atoms with van der Waals surface area (Å²) in [5.41, 5.74) is 18.6. The molecule has 146 heavy (non-hydrogen) atoms. The van der Waals surface area contributed by atoms with E-state index in [9.17, 15) is 50.5 Å². The zero-order chi connectivity index (χ0) is 106. The summed E-state index contributed by atoms with van der Waals surface area (Å²) >= 11 is 18.2. The third-order valence-electron chi connectivity index (χ3n) is 30.0. The number of aromatic nitrogens is 1. The van der Waals surface area contributed by atoms with Crippen molar-refractivity contribution in [3.63, 3.8) is 0 Å². The lowest BCUT2D eigenvalue weighted by atomic mass is 9.98. The normalized spacial score (nSPS) is 21.0. The van der Waals surface area contributed by atoms with Crippen LogP contribution in [0.1, 0.15) is 195 Å². The average Bonchev–Trinajstić information content (AvgIpc) is 1.57. The highest BCUT2D eigenvalue weighted by atomic mass is 35.5. The number of hydrogen-bond donors (Lipinski definition) is 8. The zero-order valence-corrected chi connectivity index (χ0v) is 91.7. The van der Waals surface area contributed by atoms with Gasteiger partial charge in [0.15, 0.2) is 0 Å². The first kappa shape index (κ1) is 113.